The van der Waals surface area contributed by atoms with Gasteiger partial charge in [0.2, 0.25) is 0 Å². The van der Waals surface area contributed by atoms with E-state index < -0.39 is 10.8 Å². The van der Waals surface area contributed by atoms with Crippen molar-refractivity contribution in [3.63, 3.8) is 0 Å². The molecule has 0 saturated carbocycles. The van der Waals surface area contributed by atoms with Crippen molar-refractivity contribution in [1.82, 2.24) is 0 Å². The molecule has 0 aliphatic heterocycles. The standard InChI is InChI=1S/C14H14ClNOS/c15-14-8-11(9-16)6-7-12(14)10-18(17)13-4-2-1-3-5-13/h1-8H,9-10,16H2. The third-order valence-electron chi connectivity index (χ3n) is 2.65. The highest BCUT2D eigenvalue weighted by molar-refractivity contribution is 7.84. The van der Waals surface area contributed by atoms with E-state index in [1.807, 2.05) is 48.5 Å². The van der Waals surface area contributed by atoms with E-state index in [0.29, 0.717) is 17.3 Å². The zero-order valence-corrected chi connectivity index (χ0v) is 11.4. The summed E-state index contributed by atoms with van der Waals surface area (Å²) >= 11 is 6.15. The van der Waals surface area contributed by atoms with Gasteiger partial charge < -0.3 is 5.73 Å². The molecule has 0 fully saturated rings. The molecule has 1 unspecified atom stereocenters. The summed E-state index contributed by atoms with van der Waals surface area (Å²) in [6.07, 6.45) is 0. The maximum atomic E-state index is 12.1. The van der Waals surface area contributed by atoms with Crippen molar-refractivity contribution in [2.24, 2.45) is 5.73 Å². The quantitative estimate of drug-likeness (QED) is 0.934. The highest BCUT2D eigenvalue weighted by Gasteiger charge is 2.08. The SMILES string of the molecule is NCc1ccc(CS(=O)c2ccccc2)c(Cl)c1. The predicted octanol–water partition coefficient (Wildman–Crippen LogP) is 3.11. The Morgan fingerprint density at radius 3 is 2.44 bits per heavy atom. The van der Waals surface area contributed by atoms with Crippen LogP contribution in [0.1, 0.15) is 11.1 Å². The Labute approximate surface area is 114 Å². The first-order valence-electron chi connectivity index (χ1n) is 5.61. The van der Waals surface area contributed by atoms with Crippen LogP contribution in [0.25, 0.3) is 0 Å². The Morgan fingerprint density at radius 2 is 1.83 bits per heavy atom. The molecule has 2 N–H and O–H groups in total. The lowest BCUT2D eigenvalue weighted by molar-refractivity contribution is 0.682. The molecular weight excluding hydrogens is 266 g/mol. The largest absolute Gasteiger partial charge is 0.326 e. The minimum absolute atomic E-state index is 0.424. The summed E-state index contributed by atoms with van der Waals surface area (Å²) < 4.78 is 12.1. The molecule has 0 spiro atoms. The Balaban J connectivity index is 2.17. The van der Waals surface area contributed by atoms with Gasteiger partial charge in [0.05, 0.1) is 16.6 Å². The first kappa shape index (κ1) is 13.3. The van der Waals surface area contributed by atoms with Crippen molar-refractivity contribution in [3.8, 4) is 0 Å². The fourth-order valence-corrected chi connectivity index (χ4v) is 3.14. The lowest BCUT2D eigenvalue weighted by Crippen LogP contribution is -2.00. The molecule has 0 aliphatic rings. The Hall–Kier alpha value is -1.16. The van der Waals surface area contributed by atoms with Crippen LogP contribution in [0.4, 0.5) is 0 Å². The fourth-order valence-electron chi connectivity index (χ4n) is 1.63. The van der Waals surface area contributed by atoms with Crippen LogP contribution in [0.2, 0.25) is 5.02 Å². The molecule has 4 heteroatoms. The van der Waals surface area contributed by atoms with Gasteiger partial charge in [-0.15, -0.1) is 0 Å². The zero-order valence-electron chi connectivity index (χ0n) is 9.80. The second-order valence-corrected chi connectivity index (χ2v) is 5.79. The van der Waals surface area contributed by atoms with Gasteiger partial charge in [0.15, 0.2) is 0 Å². The average Bonchev–Trinajstić information content (AvgIpc) is 2.42. The molecule has 94 valence electrons. The molecule has 2 rings (SSSR count). The third-order valence-corrected chi connectivity index (χ3v) is 4.37. The summed E-state index contributed by atoms with van der Waals surface area (Å²) in [5, 5.41) is 0.627. The molecule has 0 saturated heterocycles. The predicted molar refractivity (Wildman–Crippen MR) is 75.9 cm³/mol. The smallest absolute Gasteiger partial charge is 0.0574 e. The van der Waals surface area contributed by atoms with Gasteiger partial charge in [0.25, 0.3) is 0 Å². The monoisotopic (exact) mass is 279 g/mol. The summed E-state index contributed by atoms with van der Waals surface area (Å²) in [5.74, 6) is 0.424. The fraction of sp³-hybridized carbons (Fsp3) is 0.143. The van der Waals surface area contributed by atoms with Crippen LogP contribution in [-0.4, -0.2) is 4.21 Å². The van der Waals surface area contributed by atoms with Crippen LogP contribution in [0, 0.1) is 0 Å². The molecular formula is C14H14ClNOS. The van der Waals surface area contributed by atoms with Crippen molar-refractivity contribution >= 4 is 22.4 Å². The van der Waals surface area contributed by atoms with Crippen LogP contribution in [0.5, 0.6) is 0 Å². The van der Waals surface area contributed by atoms with Crippen molar-refractivity contribution < 1.29 is 4.21 Å². The molecule has 0 aromatic heterocycles. The maximum Gasteiger partial charge on any atom is 0.0574 e. The summed E-state index contributed by atoms with van der Waals surface area (Å²) in [6, 6.07) is 15.0. The first-order valence-corrected chi connectivity index (χ1v) is 7.31. The highest BCUT2D eigenvalue weighted by atomic mass is 35.5. The maximum absolute atomic E-state index is 12.1. The van der Waals surface area contributed by atoms with Crippen LogP contribution >= 0.6 is 11.6 Å². The topological polar surface area (TPSA) is 43.1 Å². The van der Waals surface area contributed by atoms with Gasteiger partial charge in [-0.1, -0.05) is 41.9 Å². The van der Waals surface area contributed by atoms with Crippen LogP contribution in [-0.2, 0) is 23.1 Å². The van der Waals surface area contributed by atoms with Crippen molar-refractivity contribution in [1.29, 1.82) is 0 Å². The average molecular weight is 280 g/mol. The lowest BCUT2D eigenvalue weighted by atomic mass is 10.1. The normalized spacial score (nSPS) is 12.3. The minimum Gasteiger partial charge on any atom is -0.326 e. The molecule has 1 atom stereocenters. The van der Waals surface area contributed by atoms with Gasteiger partial charge in [-0.3, -0.25) is 4.21 Å². The van der Waals surface area contributed by atoms with Crippen molar-refractivity contribution in [3.05, 3.63) is 64.7 Å². The number of nitrogens with two attached hydrogens (primary N) is 1. The lowest BCUT2D eigenvalue weighted by Gasteiger charge is -2.06. The molecule has 0 amide bonds. The van der Waals surface area contributed by atoms with E-state index in [9.17, 15) is 4.21 Å². The number of hydrogen-bond donors (Lipinski definition) is 1. The summed E-state index contributed by atoms with van der Waals surface area (Å²) in [5.41, 5.74) is 7.41. The molecule has 2 aromatic rings. The number of halogens is 1. The molecule has 0 bridgehead atoms. The second-order valence-electron chi connectivity index (χ2n) is 3.93. The molecule has 0 radical (unpaired) electrons. The second kappa shape index (κ2) is 6.14. The number of rotatable bonds is 4. The van der Waals surface area contributed by atoms with E-state index in [2.05, 4.69) is 0 Å². The van der Waals surface area contributed by atoms with Crippen LogP contribution in [0.15, 0.2) is 53.4 Å². The Morgan fingerprint density at radius 1 is 1.11 bits per heavy atom. The molecule has 2 nitrogen and oxygen atoms in total. The zero-order chi connectivity index (χ0) is 13.0. The number of hydrogen-bond acceptors (Lipinski definition) is 2. The van der Waals surface area contributed by atoms with Gasteiger partial charge in [0, 0.05) is 16.5 Å². The van der Waals surface area contributed by atoms with Gasteiger partial charge in [0.1, 0.15) is 0 Å². The molecule has 18 heavy (non-hydrogen) atoms. The van der Waals surface area contributed by atoms with E-state index in [0.717, 1.165) is 16.0 Å². The van der Waals surface area contributed by atoms with Crippen molar-refractivity contribution in [2.45, 2.75) is 17.2 Å². The van der Waals surface area contributed by atoms with Gasteiger partial charge >= 0.3 is 0 Å². The third kappa shape index (κ3) is 3.19. The van der Waals surface area contributed by atoms with Crippen molar-refractivity contribution in [2.75, 3.05) is 0 Å². The summed E-state index contributed by atoms with van der Waals surface area (Å²) in [7, 11) is -1.07. The van der Waals surface area contributed by atoms with E-state index in [-0.39, 0.29) is 0 Å². The minimum atomic E-state index is -1.07. The van der Waals surface area contributed by atoms with Gasteiger partial charge in [-0.25, -0.2) is 0 Å². The first-order chi connectivity index (χ1) is 8.70. The van der Waals surface area contributed by atoms with E-state index >= 15 is 0 Å². The van der Waals surface area contributed by atoms with E-state index in [4.69, 9.17) is 17.3 Å². The molecule has 2 aromatic carbocycles. The Bertz CT molecular complexity index is 557. The number of benzene rings is 2. The van der Waals surface area contributed by atoms with Gasteiger partial charge in [-0.05, 0) is 29.3 Å². The van der Waals surface area contributed by atoms with Gasteiger partial charge in [-0.2, -0.15) is 0 Å². The Kier molecular flexibility index (Phi) is 4.53. The van der Waals surface area contributed by atoms with E-state index in [1.54, 1.807) is 0 Å². The summed E-state index contributed by atoms with van der Waals surface area (Å²) in [4.78, 5) is 0.816. The van der Waals surface area contributed by atoms with Crippen LogP contribution in [0.3, 0.4) is 0 Å². The van der Waals surface area contributed by atoms with E-state index in [1.165, 1.54) is 0 Å². The molecule has 0 aliphatic carbocycles. The summed E-state index contributed by atoms with van der Waals surface area (Å²) in [6.45, 7) is 0.460. The molecule has 0 heterocycles. The van der Waals surface area contributed by atoms with Crippen LogP contribution < -0.4 is 5.73 Å². The highest BCUT2D eigenvalue weighted by Crippen LogP contribution is 2.21.